The molecule has 1 unspecified atom stereocenters. The highest BCUT2D eigenvalue weighted by Gasteiger charge is 2.43. The number of nitro groups is 1. The third kappa shape index (κ3) is 2.02. The Bertz CT molecular complexity index is 571. The van der Waals surface area contributed by atoms with Crippen molar-refractivity contribution in [3.8, 4) is 0 Å². The predicted molar refractivity (Wildman–Crippen MR) is 72.0 cm³/mol. The number of hydrogen-bond acceptors (Lipinski definition) is 4. The lowest BCUT2D eigenvalue weighted by Gasteiger charge is -2.26. The molecule has 0 aromatic heterocycles. The maximum absolute atomic E-state index is 12.1. The molecule has 2 aliphatic heterocycles. The van der Waals surface area contributed by atoms with E-state index in [2.05, 4.69) is 0 Å². The first-order chi connectivity index (χ1) is 9.18. The number of carbonyl (C=O) groups is 1. The lowest BCUT2D eigenvalue weighted by molar-refractivity contribution is -0.432. The topological polar surface area (TPSA) is 63.4 Å². The Labute approximate surface area is 114 Å². The second-order valence-electron chi connectivity index (χ2n) is 4.51. The van der Waals surface area contributed by atoms with Crippen molar-refractivity contribution in [1.82, 2.24) is 4.90 Å². The number of thioether (sulfide) groups is 1. The van der Waals surface area contributed by atoms with Gasteiger partial charge in [0.05, 0.1) is 10.8 Å². The van der Waals surface area contributed by atoms with Crippen molar-refractivity contribution < 1.29 is 9.72 Å². The van der Waals surface area contributed by atoms with E-state index in [9.17, 15) is 14.9 Å². The van der Waals surface area contributed by atoms with Gasteiger partial charge in [-0.1, -0.05) is 42.1 Å². The van der Waals surface area contributed by atoms with Crippen molar-refractivity contribution >= 4 is 17.7 Å². The lowest BCUT2D eigenvalue weighted by atomic mass is 9.90. The number of fused-ring (bicyclic) bond motifs is 1. The van der Waals surface area contributed by atoms with Crippen LogP contribution in [0.4, 0.5) is 0 Å². The van der Waals surface area contributed by atoms with Gasteiger partial charge in [-0.15, -0.1) is 0 Å². The lowest BCUT2D eigenvalue weighted by Crippen LogP contribution is -2.35. The smallest absolute Gasteiger partial charge is 0.284 e. The number of hydrogen-bond donors (Lipinski definition) is 0. The second-order valence-corrected chi connectivity index (χ2v) is 5.59. The van der Waals surface area contributed by atoms with Gasteiger partial charge in [0, 0.05) is 18.7 Å². The number of benzene rings is 1. The van der Waals surface area contributed by atoms with Gasteiger partial charge in [0.2, 0.25) is 5.91 Å². The van der Waals surface area contributed by atoms with Crippen molar-refractivity contribution in [1.29, 1.82) is 0 Å². The highest BCUT2D eigenvalue weighted by molar-refractivity contribution is 8.03. The summed E-state index contributed by atoms with van der Waals surface area (Å²) in [5.74, 6) is 0.292. The minimum Gasteiger partial charge on any atom is -0.301 e. The van der Waals surface area contributed by atoms with Crippen molar-refractivity contribution in [3.05, 3.63) is 56.7 Å². The van der Waals surface area contributed by atoms with Crippen molar-refractivity contribution in [2.75, 3.05) is 12.3 Å². The van der Waals surface area contributed by atoms with E-state index in [0.29, 0.717) is 11.6 Å². The molecule has 3 rings (SSSR count). The summed E-state index contributed by atoms with van der Waals surface area (Å²) < 4.78 is 0. The summed E-state index contributed by atoms with van der Waals surface area (Å²) >= 11 is 1.41. The molecule has 1 aromatic rings. The Balaban J connectivity index is 2.11. The molecule has 0 spiro atoms. The molecule has 2 aliphatic rings. The van der Waals surface area contributed by atoms with Gasteiger partial charge in [-0.2, -0.15) is 0 Å². The molecule has 0 bridgehead atoms. The molecular weight excluding hydrogens is 264 g/mol. The molecular formula is C13H12N2O3S. The predicted octanol–water partition coefficient (Wildman–Crippen LogP) is 2.20. The number of carbonyl (C=O) groups excluding carboxylic acids is 1. The SMILES string of the molecule is O=C1CC(c2ccccc2)C([N+](=O)[O-])=C2SCCN12. The van der Waals surface area contributed by atoms with E-state index >= 15 is 0 Å². The molecule has 1 atom stereocenters. The summed E-state index contributed by atoms with van der Waals surface area (Å²) in [5, 5.41) is 11.9. The second kappa shape index (κ2) is 4.70. The zero-order valence-corrected chi connectivity index (χ0v) is 10.9. The van der Waals surface area contributed by atoms with Gasteiger partial charge in [-0.05, 0) is 5.56 Å². The van der Waals surface area contributed by atoms with E-state index in [0.717, 1.165) is 11.3 Å². The largest absolute Gasteiger partial charge is 0.301 e. The summed E-state index contributed by atoms with van der Waals surface area (Å²) in [4.78, 5) is 24.7. The Morgan fingerprint density at radius 2 is 2.05 bits per heavy atom. The molecule has 0 saturated carbocycles. The van der Waals surface area contributed by atoms with E-state index < -0.39 is 5.92 Å². The van der Waals surface area contributed by atoms with E-state index in [1.807, 2.05) is 30.3 Å². The molecule has 19 heavy (non-hydrogen) atoms. The Hall–Kier alpha value is -1.82. The summed E-state index contributed by atoms with van der Waals surface area (Å²) in [7, 11) is 0. The Kier molecular flexibility index (Phi) is 3.02. The quantitative estimate of drug-likeness (QED) is 0.613. The minimum atomic E-state index is -0.430. The maximum atomic E-state index is 12.1. The van der Waals surface area contributed by atoms with Crippen LogP contribution in [0.2, 0.25) is 0 Å². The van der Waals surface area contributed by atoms with Gasteiger partial charge in [-0.25, -0.2) is 0 Å². The van der Waals surface area contributed by atoms with Gasteiger partial charge in [-0.3, -0.25) is 14.9 Å². The van der Waals surface area contributed by atoms with Crippen LogP contribution < -0.4 is 0 Å². The molecule has 0 radical (unpaired) electrons. The van der Waals surface area contributed by atoms with Crippen molar-refractivity contribution in [2.24, 2.45) is 0 Å². The van der Waals surface area contributed by atoms with Gasteiger partial charge in [0.1, 0.15) is 0 Å². The van der Waals surface area contributed by atoms with Crippen LogP contribution in [0.1, 0.15) is 17.9 Å². The highest BCUT2D eigenvalue weighted by Crippen LogP contribution is 2.43. The monoisotopic (exact) mass is 276 g/mol. The summed E-state index contributed by atoms with van der Waals surface area (Å²) in [6.07, 6.45) is 0.185. The molecule has 6 heteroatoms. The fraction of sp³-hybridized carbons (Fsp3) is 0.308. The van der Waals surface area contributed by atoms with Crippen LogP contribution >= 0.6 is 11.8 Å². The van der Waals surface area contributed by atoms with Crippen LogP contribution in [-0.2, 0) is 4.79 Å². The molecule has 2 heterocycles. The average molecular weight is 276 g/mol. The highest BCUT2D eigenvalue weighted by atomic mass is 32.2. The van der Waals surface area contributed by atoms with Crippen LogP contribution in [0.5, 0.6) is 0 Å². The van der Waals surface area contributed by atoms with Gasteiger partial charge in [0.25, 0.3) is 5.70 Å². The molecule has 1 amide bonds. The fourth-order valence-corrected chi connectivity index (χ4v) is 3.74. The average Bonchev–Trinajstić information content (AvgIpc) is 2.88. The molecule has 1 fully saturated rings. The zero-order valence-electron chi connectivity index (χ0n) is 10.1. The summed E-state index contributed by atoms with van der Waals surface area (Å²) in [6, 6.07) is 9.24. The van der Waals surface area contributed by atoms with E-state index in [1.165, 1.54) is 11.8 Å². The maximum Gasteiger partial charge on any atom is 0.284 e. The van der Waals surface area contributed by atoms with Crippen LogP contribution in [0.15, 0.2) is 41.1 Å². The van der Waals surface area contributed by atoms with Crippen LogP contribution in [0, 0.1) is 10.1 Å². The van der Waals surface area contributed by atoms with Gasteiger partial charge < -0.3 is 4.90 Å². The third-order valence-corrected chi connectivity index (χ3v) is 4.52. The van der Waals surface area contributed by atoms with E-state index in [-0.39, 0.29) is 22.9 Å². The van der Waals surface area contributed by atoms with Crippen molar-refractivity contribution in [3.63, 3.8) is 0 Å². The third-order valence-electron chi connectivity index (χ3n) is 3.43. The molecule has 1 saturated heterocycles. The summed E-state index contributed by atoms with van der Waals surface area (Å²) in [5.41, 5.74) is 1.01. The Morgan fingerprint density at radius 3 is 2.74 bits per heavy atom. The van der Waals surface area contributed by atoms with Crippen LogP contribution in [0.25, 0.3) is 0 Å². The first-order valence-electron chi connectivity index (χ1n) is 6.05. The standard InChI is InChI=1S/C13H12N2O3S/c16-11-8-10(9-4-2-1-3-5-9)12(15(17)18)13-14(11)6-7-19-13/h1-5,10H,6-8H2. The van der Waals surface area contributed by atoms with E-state index in [4.69, 9.17) is 0 Å². The van der Waals surface area contributed by atoms with Gasteiger partial charge >= 0.3 is 0 Å². The fourth-order valence-electron chi connectivity index (χ4n) is 2.56. The molecule has 0 aliphatic carbocycles. The zero-order chi connectivity index (χ0) is 13.4. The molecule has 1 aromatic carbocycles. The number of rotatable bonds is 2. The molecule has 5 nitrogen and oxygen atoms in total. The normalized spacial score (nSPS) is 22.6. The molecule has 0 N–H and O–H groups in total. The van der Waals surface area contributed by atoms with Crippen molar-refractivity contribution in [2.45, 2.75) is 12.3 Å². The first-order valence-corrected chi connectivity index (χ1v) is 7.03. The van der Waals surface area contributed by atoms with Gasteiger partial charge in [0.15, 0.2) is 5.03 Å². The van der Waals surface area contributed by atoms with E-state index in [1.54, 1.807) is 4.90 Å². The van der Waals surface area contributed by atoms with Crippen LogP contribution in [-0.4, -0.2) is 28.0 Å². The molecule has 98 valence electrons. The number of amides is 1. The first kappa shape index (κ1) is 12.2. The summed E-state index contributed by atoms with van der Waals surface area (Å²) in [6.45, 7) is 0.581. The number of nitrogens with zero attached hydrogens (tertiary/aromatic N) is 2. The minimum absolute atomic E-state index is 0.0144. The number of allylic oxidation sites excluding steroid dienone is 1. The Morgan fingerprint density at radius 1 is 1.32 bits per heavy atom. The van der Waals surface area contributed by atoms with Crippen LogP contribution in [0.3, 0.4) is 0 Å².